The minimum absolute atomic E-state index is 0.0715. The van der Waals surface area contributed by atoms with Gasteiger partial charge in [-0.15, -0.1) is 0 Å². The Labute approximate surface area is 155 Å². The van der Waals surface area contributed by atoms with Gasteiger partial charge in [0.15, 0.2) is 0 Å². The largest absolute Gasteiger partial charge is 0.349 e. The summed E-state index contributed by atoms with van der Waals surface area (Å²) in [6, 6.07) is 12.2. The van der Waals surface area contributed by atoms with Gasteiger partial charge >= 0.3 is 0 Å². The number of nitrogens with zero attached hydrogens (tertiary/aromatic N) is 1. The summed E-state index contributed by atoms with van der Waals surface area (Å²) < 4.78 is 2.04. The third kappa shape index (κ3) is 2.69. The number of benzene rings is 1. The summed E-state index contributed by atoms with van der Waals surface area (Å²) in [4.78, 5) is 12.9. The molecule has 0 spiro atoms. The third-order valence-electron chi connectivity index (χ3n) is 7.36. The van der Waals surface area contributed by atoms with Crippen LogP contribution >= 0.6 is 0 Å². The Morgan fingerprint density at radius 1 is 1.04 bits per heavy atom. The highest BCUT2D eigenvalue weighted by atomic mass is 16.1. The van der Waals surface area contributed by atoms with Crippen LogP contribution in [0.3, 0.4) is 0 Å². The van der Waals surface area contributed by atoms with E-state index in [1.54, 1.807) is 0 Å². The number of hydrogen-bond acceptors (Lipinski definition) is 1. The highest BCUT2D eigenvalue weighted by Gasteiger charge is 2.53. The smallest absolute Gasteiger partial charge is 0.251 e. The highest BCUT2D eigenvalue weighted by Crippen LogP contribution is 2.61. The van der Waals surface area contributed by atoms with Crippen LogP contribution in [0.2, 0.25) is 0 Å². The normalized spacial score (nSPS) is 33.2. The lowest BCUT2D eigenvalue weighted by Gasteiger charge is -2.59. The van der Waals surface area contributed by atoms with E-state index in [1.807, 2.05) is 53.4 Å². The number of hydrogen-bond donors (Lipinski definition) is 1. The Hall–Kier alpha value is -2.03. The number of carbonyl (C=O) groups is 1. The van der Waals surface area contributed by atoms with Crippen molar-refractivity contribution in [1.29, 1.82) is 0 Å². The van der Waals surface area contributed by atoms with Crippen molar-refractivity contribution in [3.05, 3.63) is 54.4 Å². The lowest BCUT2D eigenvalue weighted by molar-refractivity contribution is -0.0688. The van der Waals surface area contributed by atoms with Gasteiger partial charge in [-0.05, 0) is 98.9 Å². The fraction of sp³-hybridized carbons (Fsp3) is 0.522. The molecule has 26 heavy (non-hydrogen) atoms. The zero-order valence-electron chi connectivity index (χ0n) is 15.5. The van der Waals surface area contributed by atoms with Gasteiger partial charge in [0.2, 0.25) is 0 Å². The summed E-state index contributed by atoms with van der Waals surface area (Å²) in [6.45, 7) is 2.25. The van der Waals surface area contributed by atoms with E-state index in [-0.39, 0.29) is 11.9 Å². The van der Waals surface area contributed by atoms with E-state index in [2.05, 4.69) is 12.2 Å². The summed E-state index contributed by atoms with van der Waals surface area (Å²) in [7, 11) is 0. The Kier molecular flexibility index (Phi) is 3.73. The summed E-state index contributed by atoms with van der Waals surface area (Å²) in [5.41, 5.74) is 2.14. The topological polar surface area (TPSA) is 34.0 Å². The van der Waals surface area contributed by atoms with Crippen molar-refractivity contribution in [3.63, 3.8) is 0 Å². The summed E-state index contributed by atoms with van der Waals surface area (Å²) in [6.07, 6.45) is 12.3. The zero-order chi connectivity index (χ0) is 17.7. The molecule has 6 rings (SSSR count). The Bertz CT molecular complexity index is 772. The van der Waals surface area contributed by atoms with Crippen LogP contribution in [0.15, 0.2) is 48.8 Å². The van der Waals surface area contributed by atoms with Crippen molar-refractivity contribution in [2.45, 2.75) is 51.5 Å². The molecule has 1 aromatic heterocycles. The predicted molar refractivity (Wildman–Crippen MR) is 103 cm³/mol. The molecule has 4 aliphatic carbocycles. The van der Waals surface area contributed by atoms with E-state index >= 15 is 0 Å². The van der Waals surface area contributed by atoms with Crippen molar-refractivity contribution in [2.24, 2.45) is 23.2 Å². The Balaban J connectivity index is 1.33. The van der Waals surface area contributed by atoms with Crippen molar-refractivity contribution in [1.82, 2.24) is 9.88 Å². The SMILES string of the molecule is C[C@H](NC(=O)c1cccc(-n2cccc2)c1)C12CC3CC(CC(C3)C1)C2. The standard InChI is InChI=1S/C23H28N2O/c1-16(23-13-17-9-18(14-23)11-19(10-17)15-23)24-22(26)20-5-4-6-21(12-20)25-7-2-3-8-25/h2-8,12,16-19H,9-11,13-15H2,1H3,(H,24,26)/t16-,17?,18?,19?,23?/m0/s1. The number of rotatable bonds is 4. The molecule has 4 bridgehead atoms. The van der Waals surface area contributed by atoms with E-state index in [0.717, 1.165) is 29.0 Å². The lowest BCUT2D eigenvalue weighted by Crippen LogP contribution is -2.55. The fourth-order valence-electron chi connectivity index (χ4n) is 6.46. The van der Waals surface area contributed by atoms with Gasteiger partial charge in [-0.25, -0.2) is 0 Å². The molecule has 4 aliphatic rings. The maximum Gasteiger partial charge on any atom is 0.251 e. The van der Waals surface area contributed by atoms with Gasteiger partial charge < -0.3 is 9.88 Å². The maximum absolute atomic E-state index is 12.9. The highest BCUT2D eigenvalue weighted by molar-refractivity contribution is 5.95. The fourth-order valence-corrected chi connectivity index (χ4v) is 6.46. The first-order valence-corrected chi connectivity index (χ1v) is 10.2. The lowest BCUT2D eigenvalue weighted by atomic mass is 9.48. The molecular formula is C23H28N2O. The molecule has 1 N–H and O–H groups in total. The molecule has 1 amide bonds. The predicted octanol–water partition coefficient (Wildman–Crippen LogP) is 4.81. The molecule has 3 heteroatoms. The number of nitrogens with one attached hydrogen (secondary N) is 1. The second kappa shape index (κ2) is 6.00. The minimum Gasteiger partial charge on any atom is -0.349 e. The molecular weight excluding hydrogens is 320 g/mol. The van der Waals surface area contributed by atoms with Gasteiger partial charge in [0, 0.05) is 29.7 Å². The van der Waals surface area contributed by atoms with Crippen molar-refractivity contribution < 1.29 is 4.79 Å². The number of carbonyl (C=O) groups excluding carboxylic acids is 1. The van der Waals surface area contributed by atoms with Gasteiger partial charge in [-0.3, -0.25) is 4.79 Å². The van der Waals surface area contributed by atoms with E-state index < -0.39 is 0 Å². The molecule has 0 saturated heterocycles. The molecule has 4 saturated carbocycles. The summed E-state index contributed by atoms with van der Waals surface area (Å²) in [5, 5.41) is 3.38. The molecule has 1 atom stereocenters. The summed E-state index contributed by atoms with van der Waals surface area (Å²) >= 11 is 0. The van der Waals surface area contributed by atoms with Gasteiger partial charge in [0.05, 0.1) is 0 Å². The van der Waals surface area contributed by atoms with E-state index in [9.17, 15) is 4.79 Å². The van der Waals surface area contributed by atoms with Crippen molar-refractivity contribution in [3.8, 4) is 5.69 Å². The molecule has 2 aromatic rings. The van der Waals surface area contributed by atoms with Crippen LogP contribution in [-0.2, 0) is 0 Å². The zero-order valence-corrected chi connectivity index (χ0v) is 15.5. The van der Waals surface area contributed by atoms with E-state index in [4.69, 9.17) is 0 Å². The minimum atomic E-state index is 0.0715. The van der Waals surface area contributed by atoms with Crippen molar-refractivity contribution in [2.75, 3.05) is 0 Å². The summed E-state index contributed by atoms with van der Waals surface area (Å²) in [5.74, 6) is 2.82. The Morgan fingerprint density at radius 3 is 2.27 bits per heavy atom. The van der Waals surface area contributed by atoms with Crippen LogP contribution < -0.4 is 5.32 Å². The second-order valence-electron chi connectivity index (χ2n) is 9.12. The first kappa shape index (κ1) is 16.2. The van der Waals surface area contributed by atoms with Gasteiger partial charge in [-0.1, -0.05) is 6.07 Å². The second-order valence-corrected chi connectivity index (χ2v) is 9.12. The van der Waals surface area contributed by atoms with Gasteiger partial charge in [0.25, 0.3) is 5.91 Å². The molecule has 1 aromatic carbocycles. The Morgan fingerprint density at radius 2 is 1.65 bits per heavy atom. The average molecular weight is 348 g/mol. The quantitative estimate of drug-likeness (QED) is 0.845. The number of aromatic nitrogens is 1. The molecule has 4 fully saturated rings. The van der Waals surface area contributed by atoms with Gasteiger partial charge in [-0.2, -0.15) is 0 Å². The monoisotopic (exact) mass is 348 g/mol. The average Bonchev–Trinajstić information content (AvgIpc) is 3.15. The van der Waals surface area contributed by atoms with Crippen LogP contribution in [0.25, 0.3) is 5.69 Å². The van der Waals surface area contributed by atoms with E-state index in [0.29, 0.717) is 5.41 Å². The third-order valence-corrected chi connectivity index (χ3v) is 7.36. The molecule has 3 nitrogen and oxygen atoms in total. The van der Waals surface area contributed by atoms with Crippen LogP contribution in [0.4, 0.5) is 0 Å². The first-order valence-electron chi connectivity index (χ1n) is 10.2. The number of amides is 1. The first-order chi connectivity index (χ1) is 12.6. The maximum atomic E-state index is 12.9. The molecule has 0 aliphatic heterocycles. The van der Waals surface area contributed by atoms with Gasteiger partial charge in [0.1, 0.15) is 0 Å². The van der Waals surface area contributed by atoms with Crippen LogP contribution in [0, 0.1) is 23.2 Å². The molecule has 0 radical (unpaired) electrons. The molecule has 136 valence electrons. The van der Waals surface area contributed by atoms with Crippen LogP contribution in [0.5, 0.6) is 0 Å². The van der Waals surface area contributed by atoms with Crippen LogP contribution in [-0.4, -0.2) is 16.5 Å². The van der Waals surface area contributed by atoms with E-state index in [1.165, 1.54) is 38.5 Å². The molecule has 0 unspecified atom stereocenters. The molecule has 1 heterocycles. The van der Waals surface area contributed by atoms with Crippen LogP contribution in [0.1, 0.15) is 55.8 Å². The van der Waals surface area contributed by atoms with Crippen molar-refractivity contribution >= 4 is 5.91 Å².